The number of nitrogens with one attached hydrogen (secondary N) is 1. The number of rotatable bonds is 6. The monoisotopic (exact) mass is 266 g/mol. The van der Waals surface area contributed by atoms with Crippen LogP contribution in [0.15, 0.2) is 17.2 Å². The Morgan fingerprint density at radius 1 is 1.37 bits per heavy atom. The first-order valence-electron chi connectivity index (χ1n) is 6.89. The molecule has 0 saturated heterocycles. The number of aromatic nitrogens is 2. The largest absolute Gasteiger partial charge is 0.351 e. The lowest BCUT2D eigenvalue weighted by Gasteiger charge is -2.26. The second-order valence-electron chi connectivity index (χ2n) is 5.69. The van der Waals surface area contributed by atoms with Crippen molar-refractivity contribution in [2.75, 3.05) is 31.6 Å². The lowest BCUT2D eigenvalue weighted by molar-refractivity contribution is 0.382. The molecule has 0 amide bonds. The molecular formula is C14H26N4O. The fourth-order valence-electron chi connectivity index (χ4n) is 1.99. The van der Waals surface area contributed by atoms with Gasteiger partial charge in [-0.2, -0.15) is 0 Å². The van der Waals surface area contributed by atoms with Gasteiger partial charge < -0.3 is 14.8 Å². The third-order valence-corrected chi connectivity index (χ3v) is 2.97. The maximum absolute atomic E-state index is 12.5. The minimum Gasteiger partial charge on any atom is -0.351 e. The summed E-state index contributed by atoms with van der Waals surface area (Å²) in [5.74, 6) is 0.550. The number of likely N-dealkylation sites (N-methyl/N-ethyl adjacent to an activating group) is 1. The molecule has 0 saturated carbocycles. The first-order chi connectivity index (χ1) is 8.91. The van der Waals surface area contributed by atoms with Gasteiger partial charge in [0.25, 0.3) is 5.56 Å². The Morgan fingerprint density at radius 2 is 2.05 bits per heavy atom. The summed E-state index contributed by atoms with van der Waals surface area (Å²) < 4.78 is 1.75. The van der Waals surface area contributed by atoms with Crippen molar-refractivity contribution in [2.45, 2.75) is 39.7 Å². The molecule has 0 unspecified atom stereocenters. The molecule has 0 bridgehead atoms. The van der Waals surface area contributed by atoms with Crippen LogP contribution in [0.1, 0.15) is 34.1 Å². The van der Waals surface area contributed by atoms with Gasteiger partial charge in [-0.1, -0.05) is 6.92 Å². The minimum atomic E-state index is -0.227. The van der Waals surface area contributed by atoms with E-state index >= 15 is 0 Å². The van der Waals surface area contributed by atoms with Gasteiger partial charge in [-0.3, -0.25) is 4.79 Å². The average Bonchev–Trinajstić information content (AvgIpc) is 2.33. The van der Waals surface area contributed by atoms with Crippen LogP contribution in [0.25, 0.3) is 0 Å². The Labute approximate surface area is 115 Å². The van der Waals surface area contributed by atoms with E-state index in [2.05, 4.69) is 22.1 Å². The standard InChI is InChI=1S/C14H26N4O/c1-6-9-17(10-7-15-5)12-13(19)18(11-8-16-12)14(2,3)4/h8,11,15H,6-7,9-10H2,1-5H3. The van der Waals surface area contributed by atoms with Crippen LogP contribution in [0, 0.1) is 0 Å². The van der Waals surface area contributed by atoms with Gasteiger partial charge in [0.05, 0.1) is 0 Å². The Morgan fingerprint density at radius 3 is 2.58 bits per heavy atom. The first-order valence-corrected chi connectivity index (χ1v) is 6.89. The molecule has 19 heavy (non-hydrogen) atoms. The average molecular weight is 266 g/mol. The molecule has 0 radical (unpaired) electrons. The van der Waals surface area contributed by atoms with Crippen LogP contribution >= 0.6 is 0 Å². The van der Waals surface area contributed by atoms with E-state index in [9.17, 15) is 4.79 Å². The maximum atomic E-state index is 12.5. The van der Waals surface area contributed by atoms with E-state index in [1.807, 2.05) is 27.8 Å². The fraction of sp³-hybridized carbons (Fsp3) is 0.714. The summed E-state index contributed by atoms with van der Waals surface area (Å²) in [4.78, 5) is 18.9. The van der Waals surface area contributed by atoms with Crippen LogP contribution in [0.3, 0.4) is 0 Å². The van der Waals surface area contributed by atoms with Crippen LogP contribution in [-0.2, 0) is 5.54 Å². The van der Waals surface area contributed by atoms with Gasteiger partial charge >= 0.3 is 0 Å². The summed E-state index contributed by atoms with van der Waals surface area (Å²) in [5, 5.41) is 3.11. The van der Waals surface area contributed by atoms with E-state index in [-0.39, 0.29) is 11.1 Å². The van der Waals surface area contributed by atoms with E-state index < -0.39 is 0 Å². The highest BCUT2D eigenvalue weighted by atomic mass is 16.1. The van der Waals surface area contributed by atoms with Gasteiger partial charge in [-0.25, -0.2) is 4.98 Å². The summed E-state index contributed by atoms with van der Waals surface area (Å²) in [6.45, 7) is 10.7. The third kappa shape index (κ3) is 4.06. The molecule has 0 atom stereocenters. The SMILES string of the molecule is CCCN(CCNC)c1nccn(C(C)(C)C)c1=O. The van der Waals surface area contributed by atoms with Crippen molar-refractivity contribution in [3.8, 4) is 0 Å². The summed E-state index contributed by atoms with van der Waals surface area (Å²) >= 11 is 0. The quantitative estimate of drug-likeness (QED) is 0.846. The second kappa shape index (κ2) is 6.70. The van der Waals surface area contributed by atoms with E-state index in [0.717, 1.165) is 26.1 Å². The molecule has 0 aliphatic heterocycles. The second-order valence-corrected chi connectivity index (χ2v) is 5.69. The fourth-order valence-corrected chi connectivity index (χ4v) is 1.99. The molecule has 0 aromatic carbocycles. The number of nitrogens with zero attached hydrogens (tertiary/aromatic N) is 3. The lowest BCUT2D eigenvalue weighted by atomic mass is 10.1. The number of hydrogen-bond donors (Lipinski definition) is 1. The maximum Gasteiger partial charge on any atom is 0.293 e. The van der Waals surface area contributed by atoms with E-state index in [1.165, 1.54) is 0 Å². The van der Waals surface area contributed by atoms with Crippen LogP contribution in [0.4, 0.5) is 5.82 Å². The molecule has 1 heterocycles. The van der Waals surface area contributed by atoms with Crippen molar-refractivity contribution in [3.63, 3.8) is 0 Å². The first kappa shape index (κ1) is 15.7. The Bertz CT molecular complexity index is 447. The van der Waals surface area contributed by atoms with Gasteiger partial charge in [0.1, 0.15) is 0 Å². The molecule has 1 rings (SSSR count). The molecule has 1 N–H and O–H groups in total. The zero-order chi connectivity index (χ0) is 14.5. The molecule has 0 spiro atoms. The Kier molecular flexibility index (Phi) is 5.54. The van der Waals surface area contributed by atoms with Crippen LogP contribution in [0.2, 0.25) is 0 Å². The van der Waals surface area contributed by atoms with Gasteiger partial charge in [-0.15, -0.1) is 0 Å². The summed E-state index contributed by atoms with van der Waals surface area (Å²) in [7, 11) is 1.91. The Hall–Kier alpha value is -1.36. The molecule has 1 aromatic heterocycles. The summed E-state index contributed by atoms with van der Waals surface area (Å²) in [6.07, 6.45) is 4.47. The van der Waals surface area contributed by atoms with E-state index in [1.54, 1.807) is 17.0 Å². The number of hydrogen-bond acceptors (Lipinski definition) is 4. The predicted octanol–water partition coefficient (Wildman–Crippen LogP) is 1.43. The zero-order valence-corrected chi connectivity index (χ0v) is 12.7. The highest BCUT2D eigenvalue weighted by molar-refractivity contribution is 5.35. The molecule has 0 aliphatic rings. The molecule has 5 nitrogen and oxygen atoms in total. The predicted molar refractivity (Wildman–Crippen MR) is 79.9 cm³/mol. The highest BCUT2D eigenvalue weighted by Gasteiger charge is 2.19. The smallest absolute Gasteiger partial charge is 0.293 e. The van der Waals surface area contributed by atoms with Crippen molar-refractivity contribution in [3.05, 3.63) is 22.7 Å². The zero-order valence-electron chi connectivity index (χ0n) is 12.7. The molecule has 5 heteroatoms. The molecule has 108 valence electrons. The minimum absolute atomic E-state index is 0.0143. The van der Waals surface area contributed by atoms with Crippen molar-refractivity contribution in [1.29, 1.82) is 0 Å². The van der Waals surface area contributed by atoms with E-state index in [4.69, 9.17) is 0 Å². The topological polar surface area (TPSA) is 50.2 Å². The lowest BCUT2D eigenvalue weighted by Crippen LogP contribution is -2.41. The highest BCUT2D eigenvalue weighted by Crippen LogP contribution is 2.12. The summed E-state index contributed by atoms with van der Waals surface area (Å²) in [6, 6.07) is 0. The van der Waals surface area contributed by atoms with Crippen molar-refractivity contribution < 1.29 is 0 Å². The molecule has 0 fully saturated rings. The van der Waals surface area contributed by atoms with Crippen LogP contribution < -0.4 is 15.8 Å². The third-order valence-electron chi connectivity index (χ3n) is 2.97. The number of anilines is 1. The van der Waals surface area contributed by atoms with Crippen LogP contribution in [-0.4, -0.2) is 36.2 Å². The summed E-state index contributed by atoms with van der Waals surface area (Å²) in [5.41, 5.74) is -0.241. The van der Waals surface area contributed by atoms with Crippen molar-refractivity contribution in [2.24, 2.45) is 0 Å². The van der Waals surface area contributed by atoms with Gasteiger partial charge in [0.15, 0.2) is 5.82 Å². The molecular weight excluding hydrogens is 240 g/mol. The Balaban J connectivity index is 3.13. The van der Waals surface area contributed by atoms with Gasteiger partial charge in [-0.05, 0) is 34.2 Å². The van der Waals surface area contributed by atoms with Crippen molar-refractivity contribution >= 4 is 5.82 Å². The molecule has 1 aromatic rings. The van der Waals surface area contributed by atoms with E-state index in [0.29, 0.717) is 5.82 Å². The molecule has 0 aliphatic carbocycles. The van der Waals surface area contributed by atoms with Gasteiger partial charge in [0.2, 0.25) is 0 Å². The van der Waals surface area contributed by atoms with Gasteiger partial charge in [0, 0.05) is 37.6 Å². The van der Waals surface area contributed by atoms with Crippen molar-refractivity contribution in [1.82, 2.24) is 14.9 Å². The van der Waals surface area contributed by atoms with Crippen LogP contribution in [0.5, 0.6) is 0 Å². The normalized spacial score (nSPS) is 11.6.